The van der Waals surface area contributed by atoms with Crippen LogP contribution in [0.4, 0.5) is 17.5 Å². The molecule has 4 heterocycles. The number of benzene rings is 1. The lowest BCUT2D eigenvalue weighted by Crippen LogP contribution is -2.61. The van der Waals surface area contributed by atoms with Crippen LogP contribution >= 0.6 is 0 Å². The first-order valence-corrected chi connectivity index (χ1v) is 10.5. The number of ether oxygens (including phenoxy) is 2. The van der Waals surface area contributed by atoms with Crippen molar-refractivity contribution in [3.05, 3.63) is 36.2 Å². The van der Waals surface area contributed by atoms with Gasteiger partial charge in [-0.05, 0) is 48.5 Å². The third-order valence-corrected chi connectivity index (χ3v) is 5.84. The van der Waals surface area contributed by atoms with E-state index in [0.717, 1.165) is 46.8 Å². The van der Waals surface area contributed by atoms with Crippen molar-refractivity contribution < 1.29 is 9.47 Å². The predicted molar refractivity (Wildman–Crippen MR) is 124 cm³/mol. The summed E-state index contributed by atoms with van der Waals surface area (Å²) in [5.41, 5.74) is 3.11. The van der Waals surface area contributed by atoms with Gasteiger partial charge < -0.3 is 19.7 Å². The minimum atomic E-state index is -0.167. The van der Waals surface area contributed by atoms with E-state index in [1.54, 1.807) is 25.9 Å². The van der Waals surface area contributed by atoms with Crippen molar-refractivity contribution in [2.45, 2.75) is 19.4 Å². The summed E-state index contributed by atoms with van der Waals surface area (Å²) in [4.78, 5) is 16.2. The fourth-order valence-electron chi connectivity index (χ4n) is 4.00. The SMILES string of the molecule is COc1cc(-c2nnnn2C)ccc1Nc1ncc2cc(C)nc(N3CC(C)(OC)C3)c2n1. The number of anilines is 3. The predicted octanol–water partition coefficient (Wildman–Crippen LogP) is 2.50. The van der Waals surface area contributed by atoms with Crippen LogP contribution in [-0.4, -0.2) is 68.1 Å². The second-order valence-electron chi connectivity index (χ2n) is 8.39. The molecule has 11 nitrogen and oxygen atoms in total. The molecule has 33 heavy (non-hydrogen) atoms. The quantitative estimate of drug-likeness (QED) is 0.472. The number of rotatable bonds is 6. The fourth-order valence-corrected chi connectivity index (χ4v) is 4.00. The molecule has 11 heteroatoms. The van der Waals surface area contributed by atoms with Gasteiger partial charge in [-0.15, -0.1) is 5.10 Å². The normalized spacial score (nSPS) is 14.9. The van der Waals surface area contributed by atoms with Crippen LogP contribution in [0.3, 0.4) is 0 Å². The number of methoxy groups -OCH3 is 2. The van der Waals surface area contributed by atoms with Crippen molar-refractivity contribution in [3.8, 4) is 17.1 Å². The van der Waals surface area contributed by atoms with Gasteiger partial charge in [0.15, 0.2) is 11.6 Å². The lowest BCUT2D eigenvalue weighted by Gasteiger charge is -2.47. The maximum Gasteiger partial charge on any atom is 0.227 e. The Kier molecular flexibility index (Phi) is 5.05. The van der Waals surface area contributed by atoms with Crippen LogP contribution in [0.1, 0.15) is 12.6 Å². The fraction of sp³-hybridized carbons (Fsp3) is 0.364. The minimum absolute atomic E-state index is 0.167. The van der Waals surface area contributed by atoms with Crippen LogP contribution in [0, 0.1) is 6.92 Å². The molecule has 170 valence electrons. The first-order chi connectivity index (χ1) is 15.9. The summed E-state index contributed by atoms with van der Waals surface area (Å²) in [6.07, 6.45) is 1.81. The van der Waals surface area contributed by atoms with Crippen molar-refractivity contribution in [1.82, 2.24) is 35.2 Å². The lowest BCUT2D eigenvalue weighted by atomic mass is 9.96. The van der Waals surface area contributed by atoms with Crippen molar-refractivity contribution >= 4 is 28.4 Å². The number of pyridine rings is 1. The molecule has 0 aliphatic carbocycles. The second kappa shape index (κ2) is 7.93. The van der Waals surface area contributed by atoms with Crippen molar-refractivity contribution in [2.24, 2.45) is 7.05 Å². The van der Waals surface area contributed by atoms with Crippen LogP contribution in [0.15, 0.2) is 30.5 Å². The Morgan fingerprint density at radius 1 is 1.12 bits per heavy atom. The molecule has 1 aliphatic rings. The topological polar surface area (TPSA) is 116 Å². The molecule has 1 aliphatic heterocycles. The Bertz CT molecular complexity index is 1330. The highest BCUT2D eigenvalue weighted by Gasteiger charge is 2.40. The zero-order chi connectivity index (χ0) is 23.2. The minimum Gasteiger partial charge on any atom is -0.495 e. The molecule has 0 unspecified atom stereocenters. The maximum absolute atomic E-state index is 5.60. The molecule has 0 bridgehead atoms. The van der Waals surface area contributed by atoms with Crippen molar-refractivity contribution in [1.29, 1.82) is 0 Å². The van der Waals surface area contributed by atoms with E-state index in [1.165, 1.54) is 0 Å². The second-order valence-corrected chi connectivity index (χ2v) is 8.39. The van der Waals surface area contributed by atoms with Crippen LogP contribution in [0.25, 0.3) is 22.3 Å². The summed E-state index contributed by atoms with van der Waals surface area (Å²) in [6, 6.07) is 7.67. The Morgan fingerprint density at radius 3 is 2.64 bits per heavy atom. The van der Waals surface area contributed by atoms with Crippen LogP contribution in [-0.2, 0) is 11.8 Å². The molecular formula is C22H25N9O2. The number of fused-ring (bicyclic) bond motifs is 1. The average Bonchev–Trinajstić information content (AvgIpc) is 3.22. The number of hydrogen-bond donors (Lipinski definition) is 1. The molecule has 3 aromatic heterocycles. The van der Waals surface area contributed by atoms with Crippen LogP contribution in [0.2, 0.25) is 0 Å². The molecule has 0 atom stereocenters. The summed E-state index contributed by atoms with van der Waals surface area (Å²) in [5, 5.41) is 15.8. The Morgan fingerprint density at radius 2 is 1.94 bits per heavy atom. The van der Waals surface area contributed by atoms with Crippen LogP contribution in [0.5, 0.6) is 5.75 Å². The molecule has 1 N–H and O–H groups in total. The summed E-state index contributed by atoms with van der Waals surface area (Å²) >= 11 is 0. The highest BCUT2D eigenvalue weighted by atomic mass is 16.5. The summed E-state index contributed by atoms with van der Waals surface area (Å²) in [6.45, 7) is 5.59. The van der Waals surface area contributed by atoms with Gasteiger partial charge >= 0.3 is 0 Å². The molecule has 0 spiro atoms. The highest BCUT2D eigenvalue weighted by molar-refractivity contribution is 5.90. The molecule has 4 aromatic rings. The van der Waals surface area contributed by atoms with Crippen LogP contribution < -0.4 is 15.0 Å². The zero-order valence-electron chi connectivity index (χ0n) is 19.2. The van der Waals surface area contributed by atoms with Gasteiger partial charge in [-0.25, -0.2) is 19.6 Å². The lowest BCUT2D eigenvalue weighted by molar-refractivity contribution is -0.0170. The van der Waals surface area contributed by atoms with Crippen molar-refractivity contribution in [3.63, 3.8) is 0 Å². The van der Waals surface area contributed by atoms with E-state index in [9.17, 15) is 0 Å². The van der Waals surface area contributed by atoms with E-state index in [0.29, 0.717) is 17.5 Å². The smallest absolute Gasteiger partial charge is 0.227 e. The molecule has 0 amide bonds. The van der Waals surface area contributed by atoms with Gasteiger partial charge in [0, 0.05) is 37.0 Å². The van der Waals surface area contributed by atoms with Gasteiger partial charge in [-0.3, -0.25) is 0 Å². The highest BCUT2D eigenvalue weighted by Crippen LogP contribution is 2.35. The third-order valence-electron chi connectivity index (χ3n) is 5.84. The summed E-state index contributed by atoms with van der Waals surface area (Å²) in [7, 11) is 5.14. The first kappa shape index (κ1) is 21.0. The molecule has 5 rings (SSSR count). The van der Waals surface area contributed by atoms with E-state index in [-0.39, 0.29) is 5.60 Å². The molecule has 1 fully saturated rings. The monoisotopic (exact) mass is 447 g/mol. The van der Waals surface area contributed by atoms with Gasteiger partial charge in [0.25, 0.3) is 0 Å². The van der Waals surface area contributed by atoms with Gasteiger partial charge in [-0.2, -0.15) is 0 Å². The third kappa shape index (κ3) is 3.80. The van der Waals surface area contributed by atoms with E-state index < -0.39 is 0 Å². The number of nitrogens with one attached hydrogen (secondary N) is 1. The number of nitrogens with zero attached hydrogens (tertiary/aromatic N) is 8. The first-order valence-electron chi connectivity index (χ1n) is 10.5. The van der Waals surface area contributed by atoms with Crippen molar-refractivity contribution in [2.75, 3.05) is 37.5 Å². The zero-order valence-corrected chi connectivity index (χ0v) is 19.2. The van der Waals surface area contributed by atoms with E-state index in [2.05, 4.69) is 37.6 Å². The van der Waals surface area contributed by atoms with Gasteiger partial charge in [0.05, 0.1) is 31.5 Å². The average molecular weight is 448 g/mol. The Hall–Kier alpha value is -3.86. The molecule has 0 saturated carbocycles. The largest absolute Gasteiger partial charge is 0.495 e. The van der Waals surface area contributed by atoms with Gasteiger partial charge in [0.1, 0.15) is 11.3 Å². The number of hydrogen-bond acceptors (Lipinski definition) is 10. The number of aromatic nitrogens is 7. The van der Waals surface area contributed by atoms with E-state index in [4.69, 9.17) is 19.4 Å². The Labute approximate surface area is 190 Å². The molecule has 0 radical (unpaired) electrons. The number of aryl methyl sites for hydroxylation is 2. The van der Waals surface area contributed by atoms with E-state index >= 15 is 0 Å². The summed E-state index contributed by atoms with van der Waals surface area (Å²) in [5.74, 6) is 2.56. The van der Waals surface area contributed by atoms with Gasteiger partial charge in [-0.1, -0.05) is 0 Å². The van der Waals surface area contributed by atoms with E-state index in [1.807, 2.05) is 37.4 Å². The number of tetrazole rings is 1. The molecular weight excluding hydrogens is 422 g/mol. The summed E-state index contributed by atoms with van der Waals surface area (Å²) < 4.78 is 12.8. The standard InChI is InChI=1S/C22H25N9O2/c1-13-8-15-10-23-21(26-18(15)20(24-13)31-11-22(2,12-31)33-5)25-16-7-6-14(9-17(16)32-4)19-27-28-29-30(19)3/h6-10H,11-12H2,1-5H3,(H,23,25,26). The Balaban J connectivity index is 1.48. The molecule has 1 saturated heterocycles. The maximum atomic E-state index is 5.60. The van der Waals surface area contributed by atoms with Gasteiger partial charge in [0.2, 0.25) is 5.95 Å². The molecule has 1 aromatic carbocycles.